The van der Waals surface area contributed by atoms with Crippen molar-refractivity contribution in [3.8, 4) is 0 Å². The molecule has 1 saturated heterocycles. The Kier molecular flexibility index (Phi) is 12.7. The number of carbonyl (C=O) groups excluding carboxylic acids is 5. The van der Waals surface area contributed by atoms with Gasteiger partial charge in [0.05, 0.1) is 26.4 Å². The van der Waals surface area contributed by atoms with Crippen LogP contribution in [0.4, 0.5) is 0 Å². The second-order valence-corrected chi connectivity index (χ2v) is 9.36. The average molecular weight is 569 g/mol. The molecule has 0 aromatic heterocycles. The third kappa shape index (κ3) is 10.6. The van der Waals surface area contributed by atoms with Crippen LogP contribution in [-0.2, 0) is 42.5 Å². The molecule has 0 aromatic rings. The number of amides is 3. The van der Waals surface area contributed by atoms with E-state index in [0.29, 0.717) is 0 Å². The van der Waals surface area contributed by atoms with E-state index in [-0.39, 0.29) is 0 Å². The minimum atomic E-state index is -5.71. The van der Waals surface area contributed by atoms with Crippen LogP contribution in [0.5, 0.6) is 0 Å². The van der Waals surface area contributed by atoms with Crippen molar-refractivity contribution in [2.45, 2.75) is 82.4 Å². The standard InChI is InChI=1S/C19H32N3O15P/c1-7(16(28)22-10(18(30)31)4-5-12(25)26)20-17(29)8(2)35-15-13(21-9(3)24)19(37-38(32,33)34)36-11(6-23)14(15)27/h7-8,10-11,13-15,19,23,27H,4-6H2,1-3H3,(H,20,29)(H,21,24)(H,22,28)(H,25,26)(H,30,31)(H2,32,33,34)/p-4/t7-,8+,10+,11+,13+,14+,15+,19+/m0/s1. The van der Waals surface area contributed by atoms with Gasteiger partial charge in [0.1, 0.15) is 36.5 Å². The van der Waals surface area contributed by atoms with Crippen LogP contribution in [-0.4, -0.2) is 95.3 Å². The van der Waals surface area contributed by atoms with Gasteiger partial charge in [-0.3, -0.25) is 14.4 Å². The van der Waals surface area contributed by atoms with Gasteiger partial charge in [0.2, 0.25) is 17.7 Å². The number of aliphatic hydroxyl groups is 2. The highest BCUT2D eigenvalue weighted by atomic mass is 31.2. The fourth-order valence-electron chi connectivity index (χ4n) is 3.34. The molecule has 0 saturated carbocycles. The first-order valence-corrected chi connectivity index (χ1v) is 12.5. The molecule has 8 atom stereocenters. The van der Waals surface area contributed by atoms with Crippen molar-refractivity contribution in [1.29, 1.82) is 0 Å². The van der Waals surface area contributed by atoms with Gasteiger partial charge in [-0.2, -0.15) is 0 Å². The van der Waals surface area contributed by atoms with Crippen molar-refractivity contribution >= 4 is 37.5 Å². The van der Waals surface area contributed by atoms with Crippen LogP contribution in [0.1, 0.15) is 33.6 Å². The first-order chi connectivity index (χ1) is 17.5. The van der Waals surface area contributed by atoms with Crippen molar-refractivity contribution in [3.63, 3.8) is 0 Å². The summed E-state index contributed by atoms with van der Waals surface area (Å²) in [5.41, 5.74) is 0. The monoisotopic (exact) mass is 569 g/mol. The van der Waals surface area contributed by atoms with Crippen LogP contribution in [0, 0.1) is 0 Å². The van der Waals surface area contributed by atoms with Crippen molar-refractivity contribution < 1.29 is 72.7 Å². The number of carboxylic acid groups (broad SMARTS) is 2. The van der Waals surface area contributed by atoms with Gasteiger partial charge in [-0.15, -0.1) is 0 Å². The summed E-state index contributed by atoms with van der Waals surface area (Å²) in [5, 5.41) is 48.0. The number of ether oxygens (including phenoxy) is 2. The number of phosphoric ester groups is 1. The number of hydrogen-bond acceptors (Lipinski definition) is 15. The van der Waals surface area contributed by atoms with E-state index in [2.05, 4.69) is 15.2 Å². The van der Waals surface area contributed by atoms with Crippen LogP contribution >= 0.6 is 7.82 Å². The van der Waals surface area contributed by atoms with Crippen LogP contribution in [0.25, 0.3) is 0 Å². The number of hydrogen-bond donors (Lipinski definition) is 5. The van der Waals surface area contributed by atoms with Gasteiger partial charge >= 0.3 is 0 Å². The van der Waals surface area contributed by atoms with Gasteiger partial charge in [-0.1, -0.05) is 0 Å². The Balaban J connectivity index is 2.98. The molecule has 5 N–H and O–H groups in total. The third-order valence-electron chi connectivity index (χ3n) is 5.18. The Morgan fingerprint density at radius 3 is 2.16 bits per heavy atom. The molecule has 19 heteroatoms. The zero-order chi connectivity index (χ0) is 29.4. The lowest BCUT2D eigenvalue weighted by Gasteiger charge is -2.47. The SMILES string of the molecule is CC(=O)N[C@H]1[C@@H](OP(=O)([O-])[O-])O[C@H](CO)[C@@H](O)[C@@H]1O[C@H](C)C(=O)N[C@@H](C)C(=O)N[C@H](CCC(=O)[O-])C(=O)[O-]. The molecule has 218 valence electrons. The Morgan fingerprint density at radius 2 is 1.68 bits per heavy atom. The molecule has 0 aromatic carbocycles. The fraction of sp³-hybridized carbons (Fsp3) is 0.737. The zero-order valence-corrected chi connectivity index (χ0v) is 21.3. The number of carbonyl (C=O) groups is 5. The highest BCUT2D eigenvalue weighted by Crippen LogP contribution is 2.34. The summed E-state index contributed by atoms with van der Waals surface area (Å²) in [6, 6.07) is -4.75. The maximum atomic E-state index is 12.6. The summed E-state index contributed by atoms with van der Waals surface area (Å²) in [4.78, 5) is 80.5. The zero-order valence-electron chi connectivity index (χ0n) is 20.4. The number of rotatable bonds is 14. The minimum Gasteiger partial charge on any atom is -0.790 e. The summed E-state index contributed by atoms with van der Waals surface area (Å²) in [7, 11) is -5.71. The lowest BCUT2D eigenvalue weighted by Crippen LogP contribution is -2.66. The molecular formula is C19H28N3O15P-4. The molecule has 18 nitrogen and oxygen atoms in total. The second kappa shape index (κ2) is 14.5. The molecule has 0 aliphatic carbocycles. The number of phosphoric acid groups is 1. The van der Waals surface area contributed by atoms with E-state index in [4.69, 9.17) is 9.47 Å². The highest BCUT2D eigenvalue weighted by Gasteiger charge is 2.48. The van der Waals surface area contributed by atoms with Gasteiger partial charge < -0.3 is 74.3 Å². The van der Waals surface area contributed by atoms with Crippen molar-refractivity contribution in [3.05, 3.63) is 0 Å². The molecule has 3 amide bonds. The van der Waals surface area contributed by atoms with Gasteiger partial charge in [0.15, 0.2) is 6.29 Å². The maximum absolute atomic E-state index is 12.6. The van der Waals surface area contributed by atoms with E-state index in [0.717, 1.165) is 20.8 Å². The van der Waals surface area contributed by atoms with E-state index in [1.807, 2.05) is 5.32 Å². The van der Waals surface area contributed by atoms with Gasteiger partial charge in [-0.05, 0) is 26.7 Å². The smallest absolute Gasteiger partial charge is 0.249 e. The molecule has 1 aliphatic rings. The maximum Gasteiger partial charge on any atom is 0.249 e. The van der Waals surface area contributed by atoms with E-state index in [1.54, 1.807) is 0 Å². The topological polar surface area (TPSA) is 299 Å². The summed E-state index contributed by atoms with van der Waals surface area (Å²) in [6.07, 6.45) is -9.85. The van der Waals surface area contributed by atoms with Gasteiger partial charge in [-0.25, -0.2) is 0 Å². The average Bonchev–Trinajstić information content (AvgIpc) is 2.78. The first-order valence-electron chi connectivity index (χ1n) is 11.1. The summed E-state index contributed by atoms with van der Waals surface area (Å²) in [5.74, 6) is -6.18. The second-order valence-electron chi connectivity index (χ2n) is 8.26. The summed E-state index contributed by atoms with van der Waals surface area (Å²) >= 11 is 0. The Bertz CT molecular complexity index is 927. The van der Waals surface area contributed by atoms with Crippen molar-refractivity contribution in [2.75, 3.05) is 6.61 Å². The molecule has 1 aliphatic heterocycles. The van der Waals surface area contributed by atoms with Crippen LogP contribution in [0.15, 0.2) is 0 Å². The Hall–Kier alpha value is -2.70. The predicted molar refractivity (Wildman–Crippen MR) is 111 cm³/mol. The van der Waals surface area contributed by atoms with Crippen molar-refractivity contribution in [1.82, 2.24) is 16.0 Å². The molecular weight excluding hydrogens is 541 g/mol. The largest absolute Gasteiger partial charge is 0.790 e. The molecule has 0 unspecified atom stereocenters. The lowest BCUT2D eigenvalue weighted by atomic mass is 9.96. The summed E-state index contributed by atoms with van der Waals surface area (Å²) in [6.45, 7) is 2.37. The fourth-order valence-corrected chi connectivity index (χ4v) is 3.77. The number of aliphatic carboxylic acids is 2. The van der Waals surface area contributed by atoms with E-state index in [9.17, 15) is 58.8 Å². The Morgan fingerprint density at radius 1 is 1.08 bits per heavy atom. The number of nitrogens with one attached hydrogen (secondary N) is 3. The van der Waals surface area contributed by atoms with E-state index < -0.39 is 106 Å². The molecule has 0 radical (unpaired) electrons. The van der Waals surface area contributed by atoms with Crippen LogP contribution < -0.4 is 36.0 Å². The normalized spacial score (nSPS) is 25.9. The molecule has 38 heavy (non-hydrogen) atoms. The highest BCUT2D eigenvalue weighted by molar-refractivity contribution is 7.43. The molecule has 0 spiro atoms. The predicted octanol–water partition coefficient (Wildman–Crippen LogP) is -7.54. The molecule has 1 fully saturated rings. The first kappa shape index (κ1) is 33.3. The van der Waals surface area contributed by atoms with E-state index in [1.165, 1.54) is 0 Å². The molecule has 1 heterocycles. The lowest BCUT2D eigenvalue weighted by molar-refractivity contribution is -0.363. The molecule has 0 bridgehead atoms. The quantitative estimate of drug-likeness (QED) is 0.121. The number of aliphatic hydroxyl groups excluding tert-OH is 2. The van der Waals surface area contributed by atoms with Gasteiger partial charge in [0.25, 0.3) is 0 Å². The van der Waals surface area contributed by atoms with E-state index >= 15 is 0 Å². The Labute approximate surface area is 215 Å². The van der Waals surface area contributed by atoms with Crippen LogP contribution in [0.3, 0.4) is 0 Å². The minimum absolute atomic E-state index is 0.544. The summed E-state index contributed by atoms with van der Waals surface area (Å²) < 4.78 is 26.0. The van der Waals surface area contributed by atoms with Crippen LogP contribution in [0.2, 0.25) is 0 Å². The number of carboxylic acids is 2. The third-order valence-corrected chi connectivity index (χ3v) is 5.64. The molecule has 1 rings (SSSR count). The van der Waals surface area contributed by atoms with Gasteiger partial charge in [0, 0.05) is 12.9 Å². The van der Waals surface area contributed by atoms with Crippen molar-refractivity contribution in [2.24, 2.45) is 0 Å².